The number of benzene rings is 1. The third-order valence-corrected chi connectivity index (χ3v) is 3.26. The first-order chi connectivity index (χ1) is 9.18. The van der Waals surface area contributed by atoms with Gasteiger partial charge in [0.15, 0.2) is 0 Å². The maximum absolute atomic E-state index is 11.7. The molecule has 1 aromatic carbocycles. The van der Waals surface area contributed by atoms with E-state index in [1.165, 1.54) is 0 Å². The summed E-state index contributed by atoms with van der Waals surface area (Å²) in [5.41, 5.74) is 0.154. The molecule has 19 heavy (non-hydrogen) atoms. The Morgan fingerprint density at radius 2 is 2.16 bits per heavy atom. The lowest BCUT2D eigenvalue weighted by Crippen LogP contribution is -2.43. The van der Waals surface area contributed by atoms with Crippen molar-refractivity contribution in [3.63, 3.8) is 0 Å². The van der Waals surface area contributed by atoms with Gasteiger partial charge in [-0.25, -0.2) is 0 Å². The minimum atomic E-state index is -0.657. The Morgan fingerprint density at radius 3 is 2.84 bits per heavy atom. The van der Waals surface area contributed by atoms with Gasteiger partial charge in [-0.15, -0.1) is 0 Å². The second-order valence-electron chi connectivity index (χ2n) is 4.99. The van der Waals surface area contributed by atoms with E-state index in [1.54, 1.807) is 0 Å². The van der Waals surface area contributed by atoms with Crippen LogP contribution in [0.2, 0.25) is 0 Å². The van der Waals surface area contributed by atoms with Crippen molar-refractivity contribution >= 4 is 11.6 Å². The van der Waals surface area contributed by atoms with E-state index >= 15 is 0 Å². The van der Waals surface area contributed by atoms with Gasteiger partial charge >= 0.3 is 0 Å². The second kappa shape index (κ2) is 6.65. The zero-order valence-corrected chi connectivity index (χ0v) is 11.0. The van der Waals surface area contributed by atoms with Gasteiger partial charge in [0.1, 0.15) is 0 Å². The van der Waals surface area contributed by atoms with E-state index in [2.05, 4.69) is 16.0 Å². The first kappa shape index (κ1) is 14.0. The number of carbonyl (C=O) groups excluding carboxylic acids is 1. The van der Waals surface area contributed by atoms with Crippen LogP contribution in [-0.4, -0.2) is 42.8 Å². The quantitative estimate of drug-likeness (QED) is 0.558. The average Bonchev–Trinajstić information content (AvgIpc) is 2.83. The van der Waals surface area contributed by atoms with Crippen molar-refractivity contribution in [1.29, 1.82) is 0 Å². The number of para-hydroxylation sites is 1. The molecule has 4 N–H and O–H groups in total. The van der Waals surface area contributed by atoms with E-state index in [0.717, 1.165) is 18.7 Å². The summed E-state index contributed by atoms with van der Waals surface area (Å²) in [4.78, 5) is 11.7. The molecule has 0 radical (unpaired) electrons. The van der Waals surface area contributed by atoms with Gasteiger partial charge in [0.2, 0.25) is 5.91 Å². The van der Waals surface area contributed by atoms with Crippen molar-refractivity contribution in [3.8, 4) is 0 Å². The number of anilines is 1. The van der Waals surface area contributed by atoms with Crippen molar-refractivity contribution in [3.05, 3.63) is 30.3 Å². The number of nitrogens with one attached hydrogen (secondary N) is 3. The summed E-state index contributed by atoms with van der Waals surface area (Å²) < 4.78 is 0. The van der Waals surface area contributed by atoms with Crippen LogP contribution in [0.5, 0.6) is 0 Å². The standard InChI is InChI=1S/C14H21N3O2/c18-13(17-12-4-2-1-3-5-12)6-8-15-10-14(19)7-9-16-11-14/h1-5,15-16,19H,6-11H2,(H,17,18). The molecule has 1 saturated heterocycles. The van der Waals surface area contributed by atoms with E-state index in [0.29, 0.717) is 26.1 Å². The Bertz CT molecular complexity index is 402. The van der Waals surface area contributed by atoms with Crippen LogP contribution in [-0.2, 0) is 4.79 Å². The smallest absolute Gasteiger partial charge is 0.225 e. The molecule has 0 aromatic heterocycles. The summed E-state index contributed by atoms with van der Waals surface area (Å²) in [7, 11) is 0. The number of hydrogen-bond donors (Lipinski definition) is 4. The molecule has 0 spiro atoms. The molecule has 1 amide bonds. The van der Waals surface area contributed by atoms with Gasteiger partial charge in [0, 0.05) is 31.7 Å². The van der Waals surface area contributed by atoms with Crippen LogP contribution in [0.1, 0.15) is 12.8 Å². The summed E-state index contributed by atoms with van der Waals surface area (Å²) in [5, 5.41) is 19.2. The lowest BCUT2D eigenvalue weighted by atomic mass is 10.0. The molecule has 5 nitrogen and oxygen atoms in total. The summed E-state index contributed by atoms with van der Waals surface area (Å²) in [6.45, 7) is 2.57. The van der Waals surface area contributed by atoms with Crippen LogP contribution in [0.25, 0.3) is 0 Å². The summed E-state index contributed by atoms with van der Waals surface area (Å²) >= 11 is 0. The lowest BCUT2D eigenvalue weighted by molar-refractivity contribution is -0.116. The molecule has 1 aromatic rings. The topological polar surface area (TPSA) is 73.4 Å². The van der Waals surface area contributed by atoms with E-state index in [4.69, 9.17) is 0 Å². The van der Waals surface area contributed by atoms with Gasteiger partial charge in [0.25, 0.3) is 0 Å². The zero-order chi connectivity index (χ0) is 13.6. The van der Waals surface area contributed by atoms with Crippen molar-refractivity contribution in [2.24, 2.45) is 0 Å². The normalized spacial score (nSPS) is 22.4. The van der Waals surface area contributed by atoms with Crippen LogP contribution < -0.4 is 16.0 Å². The van der Waals surface area contributed by atoms with Gasteiger partial charge < -0.3 is 21.1 Å². The highest BCUT2D eigenvalue weighted by Crippen LogP contribution is 2.12. The van der Waals surface area contributed by atoms with Gasteiger partial charge in [-0.2, -0.15) is 0 Å². The Morgan fingerprint density at radius 1 is 1.37 bits per heavy atom. The zero-order valence-electron chi connectivity index (χ0n) is 11.0. The fraction of sp³-hybridized carbons (Fsp3) is 0.500. The Balaban J connectivity index is 1.62. The number of carbonyl (C=O) groups is 1. The predicted octanol–water partition coefficient (Wildman–Crippen LogP) is 0.329. The average molecular weight is 263 g/mol. The molecule has 2 rings (SSSR count). The van der Waals surface area contributed by atoms with Crippen molar-refractivity contribution < 1.29 is 9.90 Å². The molecular formula is C14H21N3O2. The van der Waals surface area contributed by atoms with Crippen molar-refractivity contribution in [1.82, 2.24) is 10.6 Å². The summed E-state index contributed by atoms with van der Waals surface area (Å²) in [6.07, 6.45) is 1.16. The van der Waals surface area contributed by atoms with E-state index in [-0.39, 0.29) is 5.91 Å². The largest absolute Gasteiger partial charge is 0.387 e. The molecule has 0 aliphatic carbocycles. The first-order valence-corrected chi connectivity index (χ1v) is 6.67. The Labute approximate surface area is 113 Å². The third-order valence-electron chi connectivity index (χ3n) is 3.26. The Hall–Kier alpha value is -1.43. The minimum absolute atomic E-state index is 0.0183. The molecular weight excluding hydrogens is 242 g/mol. The highest BCUT2D eigenvalue weighted by molar-refractivity contribution is 5.90. The van der Waals surface area contributed by atoms with Crippen LogP contribution in [0, 0.1) is 0 Å². The molecule has 0 saturated carbocycles. The first-order valence-electron chi connectivity index (χ1n) is 6.67. The number of amides is 1. The number of aliphatic hydroxyl groups is 1. The van der Waals surface area contributed by atoms with Gasteiger partial charge in [-0.3, -0.25) is 4.79 Å². The number of hydrogen-bond acceptors (Lipinski definition) is 4. The molecule has 5 heteroatoms. The second-order valence-corrected chi connectivity index (χ2v) is 4.99. The molecule has 0 bridgehead atoms. The van der Waals surface area contributed by atoms with E-state index in [1.807, 2.05) is 30.3 Å². The van der Waals surface area contributed by atoms with Crippen molar-refractivity contribution in [2.75, 3.05) is 31.5 Å². The maximum Gasteiger partial charge on any atom is 0.225 e. The monoisotopic (exact) mass is 263 g/mol. The van der Waals surface area contributed by atoms with Gasteiger partial charge in [-0.05, 0) is 25.1 Å². The van der Waals surface area contributed by atoms with Gasteiger partial charge in [0.05, 0.1) is 5.60 Å². The van der Waals surface area contributed by atoms with E-state index in [9.17, 15) is 9.90 Å². The molecule has 1 atom stereocenters. The molecule has 1 aliphatic heterocycles. The van der Waals surface area contributed by atoms with Crippen LogP contribution >= 0.6 is 0 Å². The van der Waals surface area contributed by atoms with Crippen LogP contribution in [0.4, 0.5) is 5.69 Å². The summed E-state index contributed by atoms with van der Waals surface area (Å²) in [6, 6.07) is 9.40. The lowest BCUT2D eigenvalue weighted by Gasteiger charge is -2.21. The maximum atomic E-state index is 11.7. The molecule has 1 heterocycles. The highest BCUT2D eigenvalue weighted by atomic mass is 16.3. The van der Waals surface area contributed by atoms with E-state index < -0.39 is 5.60 Å². The molecule has 1 unspecified atom stereocenters. The van der Waals surface area contributed by atoms with Crippen molar-refractivity contribution in [2.45, 2.75) is 18.4 Å². The molecule has 1 aliphatic rings. The SMILES string of the molecule is O=C(CCNCC1(O)CCNC1)Nc1ccccc1. The predicted molar refractivity (Wildman–Crippen MR) is 75.0 cm³/mol. The van der Waals surface area contributed by atoms with Crippen LogP contribution in [0.3, 0.4) is 0 Å². The Kier molecular flexibility index (Phi) is 4.90. The van der Waals surface area contributed by atoms with Gasteiger partial charge in [-0.1, -0.05) is 18.2 Å². The highest BCUT2D eigenvalue weighted by Gasteiger charge is 2.30. The minimum Gasteiger partial charge on any atom is -0.387 e. The molecule has 104 valence electrons. The fourth-order valence-corrected chi connectivity index (χ4v) is 2.15. The van der Waals surface area contributed by atoms with Crippen LogP contribution in [0.15, 0.2) is 30.3 Å². The summed E-state index contributed by atoms with van der Waals surface area (Å²) in [5.74, 6) is -0.0183. The fourth-order valence-electron chi connectivity index (χ4n) is 2.15. The molecule has 1 fully saturated rings. The number of β-amino-alcohol motifs (C(OH)–C–C–N with tert-alkyl or cyclic N) is 1. The number of rotatable bonds is 6. The third kappa shape index (κ3) is 4.63.